The molecule has 0 aliphatic carbocycles. The Bertz CT molecular complexity index is 608. The number of hydrogen-bond donors (Lipinski definition) is 3. The normalized spacial score (nSPS) is 16.0. The van der Waals surface area contributed by atoms with Gasteiger partial charge in [-0.3, -0.25) is 19.2 Å². The molecule has 0 heterocycles. The van der Waals surface area contributed by atoms with Crippen LogP contribution in [0.2, 0.25) is 0 Å². The summed E-state index contributed by atoms with van der Waals surface area (Å²) in [6.45, 7) is 16.7. The molecule has 0 aliphatic heterocycles. The molecule has 4 unspecified atom stereocenters. The molecule has 0 aromatic heterocycles. The smallest absolute Gasteiger partial charge is 0.242 e. The molecule has 0 spiro atoms. The van der Waals surface area contributed by atoms with E-state index in [4.69, 9.17) is 5.73 Å². The molecule has 2 amide bonds. The molecular formula is C23H43N3O4. The fourth-order valence-corrected chi connectivity index (χ4v) is 3.32. The minimum Gasteiger partial charge on any atom is -0.345 e. The second kappa shape index (κ2) is 12.2. The van der Waals surface area contributed by atoms with E-state index >= 15 is 0 Å². The van der Waals surface area contributed by atoms with Gasteiger partial charge in [-0.1, -0.05) is 55.4 Å². The Kier molecular flexibility index (Phi) is 11.5. The first-order valence-corrected chi connectivity index (χ1v) is 11.0. The number of carbonyl (C=O) groups excluding carboxylic acids is 4. The Morgan fingerprint density at radius 1 is 0.800 bits per heavy atom. The van der Waals surface area contributed by atoms with Crippen molar-refractivity contribution < 1.29 is 19.2 Å². The van der Waals surface area contributed by atoms with Crippen molar-refractivity contribution in [3.8, 4) is 0 Å². The van der Waals surface area contributed by atoms with Crippen molar-refractivity contribution >= 4 is 23.4 Å². The molecule has 174 valence electrons. The van der Waals surface area contributed by atoms with Crippen LogP contribution < -0.4 is 16.4 Å². The fraction of sp³-hybridized carbons (Fsp3) is 0.826. The minimum atomic E-state index is -0.813. The SMILES string of the molecule is CC(C)CC(N)C(=O)NC(C)C(=O)NC(CC(C)C)C(=O)CC(C)C(=O)C(C)(C)C. The van der Waals surface area contributed by atoms with E-state index in [2.05, 4.69) is 10.6 Å². The zero-order valence-electron chi connectivity index (χ0n) is 20.3. The topological polar surface area (TPSA) is 118 Å². The van der Waals surface area contributed by atoms with Crippen LogP contribution in [0.3, 0.4) is 0 Å². The summed E-state index contributed by atoms with van der Waals surface area (Å²) in [5.74, 6) is -0.952. The lowest BCUT2D eigenvalue weighted by molar-refractivity contribution is -0.135. The Morgan fingerprint density at radius 3 is 1.73 bits per heavy atom. The first-order valence-electron chi connectivity index (χ1n) is 11.0. The lowest BCUT2D eigenvalue weighted by Crippen LogP contribution is -2.53. The first kappa shape index (κ1) is 28.2. The van der Waals surface area contributed by atoms with Gasteiger partial charge in [0.1, 0.15) is 11.8 Å². The maximum Gasteiger partial charge on any atom is 0.242 e. The van der Waals surface area contributed by atoms with Crippen molar-refractivity contribution in [2.45, 2.75) is 99.7 Å². The van der Waals surface area contributed by atoms with Gasteiger partial charge in [-0.05, 0) is 31.6 Å². The molecule has 0 aromatic carbocycles. The van der Waals surface area contributed by atoms with Gasteiger partial charge in [-0.15, -0.1) is 0 Å². The Labute approximate surface area is 182 Å². The summed E-state index contributed by atoms with van der Waals surface area (Å²) < 4.78 is 0. The van der Waals surface area contributed by atoms with E-state index in [1.807, 2.05) is 48.5 Å². The third kappa shape index (κ3) is 10.3. The minimum absolute atomic E-state index is 0.0187. The van der Waals surface area contributed by atoms with Gasteiger partial charge in [0.15, 0.2) is 5.78 Å². The number of carbonyl (C=O) groups is 4. The molecule has 0 bridgehead atoms. The molecule has 7 heteroatoms. The van der Waals surface area contributed by atoms with Crippen LogP contribution in [0.25, 0.3) is 0 Å². The van der Waals surface area contributed by atoms with E-state index in [0.29, 0.717) is 12.8 Å². The maximum absolute atomic E-state index is 12.9. The second-order valence-corrected chi connectivity index (χ2v) is 10.3. The van der Waals surface area contributed by atoms with Crippen LogP contribution >= 0.6 is 0 Å². The van der Waals surface area contributed by atoms with Crippen LogP contribution in [-0.2, 0) is 19.2 Å². The van der Waals surface area contributed by atoms with E-state index in [9.17, 15) is 19.2 Å². The highest BCUT2D eigenvalue weighted by Gasteiger charge is 2.31. The number of nitrogens with one attached hydrogen (secondary N) is 2. The maximum atomic E-state index is 12.9. The predicted octanol–water partition coefficient (Wildman–Crippen LogP) is 2.61. The highest BCUT2D eigenvalue weighted by atomic mass is 16.2. The summed E-state index contributed by atoms with van der Waals surface area (Å²) in [5.41, 5.74) is 5.35. The van der Waals surface area contributed by atoms with E-state index in [1.165, 1.54) is 0 Å². The predicted molar refractivity (Wildman–Crippen MR) is 120 cm³/mol. The van der Waals surface area contributed by atoms with Gasteiger partial charge in [-0.2, -0.15) is 0 Å². The molecule has 0 saturated heterocycles. The molecule has 0 saturated carbocycles. The van der Waals surface area contributed by atoms with Crippen molar-refractivity contribution in [2.24, 2.45) is 28.9 Å². The van der Waals surface area contributed by atoms with Crippen LogP contribution in [0.4, 0.5) is 0 Å². The van der Waals surface area contributed by atoms with E-state index in [-0.39, 0.29) is 35.7 Å². The standard InChI is InChI=1S/C23H43N3O4/c1-13(2)10-17(24)22(30)25-16(6)21(29)26-18(11-14(3)4)19(27)12-15(5)20(28)23(7,8)9/h13-18H,10-12,24H2,1-9H3,(H,25,30)(H,26,29). The summed E-state index contributed by atoms with van der Waals surface area (Å²) in [4.78, 5) is 50.1. The first-order chi connectivity index (χ1) is 13.6. The number of Topliss-reactive ketones (excluding diaryl/α,β-unsaturated/α-hetero) is 2. The van der Waals surface area contributed by atoms with Gasteiger partial charge < -0.3 is 16.4 Å². The second-order valence-electron chi connectivity index (χ2n) is 10.3. The molecule has 0 aromatic rings. The number of amides is 2. The monoisotopic (exact) mass is 425 g/mol. The molecule has 4 atom stereocenters. The number of hydrogen-bond acceptors (Lipinski definition) is 5. The third-order valence-corrected chi connectivity index (χ3v) is 4.92. The van der Waals surface area contributed by atoms with Gasteiger partial charge >= 0.3 is 0 Å². The molecule has 0 radical (unpaired) electrons. The van der Waals surface area contributed by atoms with Gasteiger partial charge in [0.05, 0.1) is 12.1 Å². The van der Waals surface area contributed by atoms with E-state index < -0.39 is 35.4 Å². The Balaban J connectivity index is 5.07. The Hall–Kier alpha value is -1.76. The van der Waals surface area contributed by atoms with Crippen LogP contribution in [-0.4, -0.2) is 41.5 Å². The lowest BCUT2D eigenvalue weighted by Gasteiger charge is -2.25. The summed E-state index contributed by atoms with van der Waals surface area (Å²) in [7, 11) is 0. The van der Waals surface area contributed by atoms with Crippen molar-refractivity contribution in [1.29, 1.82) is 0 Å². The average Bonchev–Trinajstić information content (AvgIpc) is 2.58. The molecule has 0 fully saturated rings. The van der Waals surface area contributed by atoms with Crippen LogP contribution in [0, 0.1) is 23.2 Å². The van der Waals surface area contributed by atoms with E-state index in [0.717, 1.165) is 0 Å². The van der Waals surface area contributed by atoms with Crippen LogP contribution in [0.5, 0.6) is 0 Å². The highest BCUT2D eigenvalue weighted by Crippen LogP contribution is 2.23. The molecule has 4 N–H and O–H groups in total. The summed E-state index contributed by atoms with van der Waals surface area (Å²) >= 11 is 0. The lowest BCUT2D eigenvalue weighted by atomic mass is 9.81. The van der Waals surface area contributed by atoms with Gasteiger partial charge in [0.2, 0.25) is 11.8 Å². The van der Waals surface area contributed by atoms with Crippen molar-refractivity contribution in [1.82, 2.24) is 10.6 Å². The molecular weight excluding hydrogens is 382 g/mol. The third-order valence-electron chi connectivity index (χ3n) is 4.92. The average molecular weight is 426 g/mol. The van der Waals surface area contributed by atoms with Crippen LogP contribution in [0.1, 0.15) is 81.6 Å². The number of ketones is 2. The summed E-state index contributed by atoms with van der Waals surface area (Å²) in [5, 5.41) is 5.38. The van der Waals surface area contributed by atoms with Crippen LogP contribution in [0.15, 0.2) is 0 Å². The highest BCUT2D eigenvalue weighted by molar-refractivity contribution is 5.95. The number of nitrogens with two attached hydrogens (primary N) is 1. The quantitative estimate of drug-likeness (QED) is 0.444. The van der Waals surface area contributed by atoms with E-state index in [1.54, 1.807) is 13.8 Å². The zero-order valence-corrected chi connectivity index (χ0v) is 20.3. The van der Waals surface area contributed by atoms with Gasteiger partial charge in [0.25, 0.3) is 0 Å². The summed E-state index contributed by atoms with van der Waals surface area (Å²) in [6.07, 6.45) is 1.07. The molecule has 30 heavy (non-hydrogen) atoms. The Morgan fingerprint density at radius 2 is 1.30 bits per heavy atom. The zero-order chi connectivity index (χ0) is 23.8. The van der Waals surface area contributed by atoms with Crippen molar-refractivity contribution in [3.63, 3.8) is 0 Å². The van der Waals surface area contributed by atoms with Crippen molar-refractivity contribution in [2.75, 3.05) is 0 Å². The van der Waals surface area contributed by atoms with Crippen molar-refractivity contribution in [3.05, 3.63) is 0 Å². The number of rotatable bonds is 12. The van der Waals surface area contributed by atoms with Gasteiger partial charge in [-0.25, -0.2) is 0 Å². The molecule has 0 rings (SSSR count). The molecule has 0 aliphatic rings. The molecule has 7 nitrogen and oxygen atoms in total. The van der Waals surface area contributed by atoms with Gasteiger partial charge in [0, 0.05) is 17.8 Å². The fourth-order valence-electron chi connectivity index (χ4n) is 3.32. The summed E-state index contributed by atoms with van der Waals surface area (Å²) in [6, 6.07) is -2.19. The largest absolute Gasteiger partial charge is 0.345 e.